The van der Waals surface area contributed by atoms with E-state index in [4.69, 9.17) is 0 Å². The molecule has 0 radical (unpaired) electrons. The number of aryl methyl sites for hydroxylation is 1. The summed E-state index contributed by atoms with van der Waals surface area (Å²) >= 11 is 0. The number of likely N-dealkylation sites (N-methyl/N-ethyl adjacent to an activating group) is 1. The number of fused-ring (bicyclic) bond motifs is 1. The van der Waals surface area contributed by atoms with E-state index in [9.17, 15) is 13.6 Å². The Balaban J connectivity index is 1.46. The van der Waals surface area contributed by atoms with Crippen LogP contribution < -0.4 is 15.5 Å². The smallest absolute Gasteiger partial charge is 0.247 e. The molecule has 1 amide bonds. The van der Waals surface area contributed by atoms with E-state index < -0.39 is 11.6 Å². The van der Waals surface area contributed by atoms with E-state index in [2.05, 4.69) is 25.7 Å². The van der Waals surface area contributed by atoms with Gasteiger partial charge in [0.25, 0.3) is 0 Å². The van der Waals surface area contributed by atoms with Crippen LogP contribution in [0.15, 0.2) is 30.6 Å². The molecule has 0 fully saturated rings. The first-order chi connectivity index (χ1) is 14.8. The zero-order chi connectivity index (χ0) is 22.1. The van der Waals surface area contributed by atoms with Gasteiger partial charge in [-0.25, -0.2) is 13.8 Å². The topological polar surface area (TPSA) is 88.0 Å². The third-order valence-corrected chi connectivity index (χ3v) is 5.21. The maximum absolute atomic E-state index is 13.4. The lowest BCUT2D eigenvalue weighted by Crippen LogP contribution is -2.46. The highest BCUT2D eigenvalue weighted by molar-refractivity contribution is 6.03. The SMILES string of the molecule is CC[C@H]1C(=O)Nc2c(C)nc(NCc3cnn(Cc4cc(F)cc(F)c4)c3)nc2N1C. The Hall–Kier alpha value is -3.56. The van der Waals surface area contributed by atoms with E-state index in [0.717, 1.165) is 11.6 Å². The van der Waals surface area contributed by atoms with Crippen LogP contribution >= 0.6 is 0 Å². The summed E-state index contributed by atoms with van der Waals surface area (Å²) in [6.45, 7) is 4.45. The summed E-state index contributed by atoms with van der Waals surface area (Å²) in [7, 11) is 1.85. The lowest BCUT2D eigenvalue weighted by molar-refractivity contribution is -0.117. The standard InChI is InChI=1S/C21H23F2N7O/c1-4-17-20(31)27-18-12(2)26-21(28-19(18)29(17)3)24-8-14-9-25-30(11-14)10-13-5-15(22)7-16(23)6-13/h5-7,9,11,17H,4,8,10H2,1-3H3,(H,27,31)(H,24,26,28)/t17-/m0/s1. The number of nitrogens with zero attached hydrogens (tertiary/aromatic N) is 5. The zero-order valence-electron chi connectivity index (χ0n) is 17.5. The van der Waals surface area contributed by atoms with Crippen LogP contribution in [0.25, 0.3) is 0 Å². The van der Waals surface area contributed by atoms with E-state index in [1.165, 1.54) is 12.1 Å². The molecule has 31 heavy (non-hydrogen) atoms. The Kier molecular flexibility index (Phi) is 5.53. The van der Waals surface area contributed by atoms with Crippen molar-refractivity contribution in [2.75, 3.05) is 22.6 Å². The van der Waals surface area contributed by atoms with Crippen molar-refractivity contribution >= 4 is 23.4 Å². The molecular formula is C21H23F2N7O. The molecule has 1 aromatic carbocycles. The van der Waals surface area contributed by atoms with E-state index in [-0.39, 0.29) is 18.5 Å². The molecule has 3 aromatic rings. The molecule has 0 unspecified atom stereocenters. The van der Waals surface area contributed by atoms with E-state index in [0.29, 0.717) is 41.7 Å². The fourth-order valence-corrected chi connectivity index (χ4v) is 3.68. The Morgan fingerprint density at radius 2 is 1.90 bits per heavy atom. The first kappa shape index (κ1) is 20.7. The van der Waals surface area contributed by atoms with Gasteiger partial charge in [-0.2, -0.15) is 10.1 Å². The molecular weight excluding hydrogens is 404 g/mol. The van der Waals surface area contributed by atoms with E-state index in [1.54, 1.807) is 17.1 Å². The minimum Gasteiger partial charge on any atom is -0.350 e. The van der Waals surface area contributed by atoms with Crippen LogP contribution in [0.3, 0.4) is 0 Å². The largest absolute Gasteiger partial charge is 0.350 e. The summed E-state index contributed by atoms with van der Waals surface area (Å²) in [4.78, 5) is 23.1. The number of amides is 1. The van der Waals surface area contributed by atoms with Gasteiger partial charge in [0.05, 0.1) is 18.4 Å². The van der Waals surface area contributed by atoms with Crippen molar-refractivity contribution in [1.82, 2.24) is 19.7 Å². The van der Waals surface area contributed by atoms with Crippen molar-refractivity contribution in [3.63, 3.8) is 0 Å². The predicted octanol–water partition coefficient (Wildman–Crippen LogP) is 3.09. The van der Waals surface area contributed by atoms with Gasteiger partial charge < -0.3 is 15.5 Å². The van der Waals surface area contributed by atoms with Crippen molar-refractivity contribution in [1.29, 1.82) is 0 Å². The number of carbonyl (C=O) groups excluding carboxylic acids is 1. The molecule has 3 heterocycles. The quantitative estimate of drug-likeness (QED) is 0.629. The molecule has 0 saturated carbocycles. The number of nitrogens with one attached hydrogen (secondary N) is 2. The van der Waals surface area contributed by atoms with E-state index in [1.807, 2.05) is 25.8 Å². The zero-order valence-corrected chi connectivity index (χ0v) is 17.5. The second-order valence-corrected chi connectivity index (χ2v) is 7.53. The van der Waals surface area contributed by atoms with Crippen LogP contribution in [-0.4, -0.2) is 38.7 Å². The van der Waals surface area contributed by atoms with Crippen molar-refractivity contribution in [3.05, 3.63) is 59.0 Å². The van der Waals surface area contributed by atoms with Crippen molar-refractivity contribution in [3.8, 4) is 0 Å². The highest BCUT2D eigenvalue weighted by Gasteiger charge is 2.32. The third kappa shape index (κ3) is 4.32. The van der Waals surface area contributed by atoms with E-state index >= 15 is 0 Å². The van der Waals surface area contributed by atoms with Gasteiger partial charge in [-0.05, 0) is 31.0 Å². The molecule has 0 spiro atoms. The van der Waals surface area contributed by atoms with Crippen molar-refractivity contribution in [2.24, 2.45) is 0 Å². The Morgan fingerprint density at radius 1 is 1.16 bits per heavy atom. The number of hydrogen-bond donors (Lipinski definition) is 2. The van der Waals surface area contributed by atoms with Crippen LogP contribution in [0.1, 0.15) is 30.2 Å². The van der Waals surface area contributed by atoms with Gasteiger partial charge in [-0.3, -0.25) is 9.48 Å². The highest BCUT2D eigenvalue weighted by atomic mass is 19.1. The number of anilines is 3. The number of aromatic nitrogens is 4. The first-order valence-corrected chi connectivity index (χ1v) is 9.96. The number of hydrogen-bond acceptors (Lipinski definition) is 6. The van der Waals surface area contributed by atoms with Gasteiger partial charge in [0.15, 0.2) is 5.82 Å². The molecule has 162 valence electrons. The average Bonchev–Trinajstić information content (AvgIpc) is 3.14. The maximum Gasteiger partial charge on any atom is 0.247 e. The monoisotopic (exact) mass is 427 g/mol. The molecule has 2 N–H and O–H groups in total. The fourth-order valence-electron chi connectivity index (χ4n) is 3.68. The lowest BCUT2D eigenvalue weighted by atomic mass is 10.1. The molecule has 0 bridgehead atoms. The molecule has 4 rings (SSSR count). The second kappa shape index (κ2) is 8.29. The molecule has 0 aliphatic carbocycles. The molecule has 2 aromatic heterocycles. The number of carbonyl (C=O) groups is 1. The lowest BCUT2D eigenvalue weighted by Gasteiger charge is -2.34. The van der Waals surface area contributed by atoms with Crippen molar-refractivity contribution in [2.45, 2.75) is 39.4 Å². The van der Waals surface area contributed by atoms with Gasteiger partial charge >= 0.3 is 0 Å². The van der Waals surface area contributed by atoms with Gasteiger partial charge in [-0.15, -0.1) is 0 Å². The number of halogens is 2. The Labute approximate surface area is 178 Å². The fraction of sp³-hybridized carbons (Fsp3) is 0.333. The van der Waals surface area contributed by atoms with Crippen LogP contribution in [0.2, 0.25) is 0 Å². The van der Waals surface area contributed by atoms with Crippen LogP contribution in [0.4, 0.5) is 26.2 Å². The average molecular weight is 427 g/mol. The van der Waals surface area contributed by atoms with Gasteiger partial charge in [-0.1, -0.05) is 6.92 Å². The number of benzene rings is 1. The maximum atomic E-state index is 13.4. The molecule has 8 nitrogen and oxygen atoms in total. The number of rotatable bonds is 6. The molecule has 10 heteroatoms. The first-order valence-electron chi connectivity index (χ1n) is 9.96. The van der Waals surface area contributed by atoms with Crippen LogP contribution in [-0.2, 0) is 17.9 Å². The van der Waals surface area contributed by atoms with Gasteiger partial charge in [0, 0.05) is 31.4 Å². The molecule has 1 atom stereocenters. The summed E-state index contributed by atoms with van der Waals surface area (Å²) in [5.41, 5.74) is 2.65. The van der Waals surface area contributed by atoms with Crippen molar-refractivity contribution < 1.29 is 13.6 Å². The Morgan fingerprint density at radius 3 is 2.61 bits per heavy atom. The molecule has 0 saturated heterocycles. The summed E-state index contributed by atoms with van der Waals surface area (Å²) in [6, 6.07) is 3.13. The van der Waals surface area contributed by atoms with Gasteiger partial charge in [0.2, 0.25) is 11.9 Å². The minimum absolute atomic E-state index is 0.0597. The van der Waals surface area contributed by atoms with Crippen LogP contribution in [0, 0.1) is 18.6 Å². The summed E-state index contributed by atoms with van der Waals surface area (Å²) < 4.78 is 28.4. The molecule has 1 aliphatic heterocycles. The summed E-state index contributed by atoms with van der Waals surface area (Å²) in [5, 5.41) is 10.3. The highest BCUT2D eigenvalue weighted by Crippen LogP contribution is 2.33. The normalized spacial score (nSPS) is 15.6. The van der Waals surface area contributed by atoms with Crippen LogP contribution in [0.5, 0.6) is 0 Å². The summed E-state index contributed by atoms with van der Waals surface area (Å²) in [6.07, 6.45) is 4.13. The third-order valence-electron chi connectivity index (χ3n) is 5.21. The summed E-state index contributed by atoms with van der Waals surface area (Å²) in [5.74, 6) is -0.180. The second-order valence-electron chi connectivity index (χ2n) is 7.53. The Bertz CT molecular complexity index is 1110. The predicted molar refractivity (Wildman–Crippen MR) is 113 cm³/mol. The van der Waals surface area contributed by atoms with Gasteiger partial charge in [0.1, 0.15) is 23.4 Å². The minimum atomic E-state index is -0.615. The molecule has 1 aliphatic rings.